The number of rotatable bonds is 17. The Balaban J connectivity index is 1.60. The summed E-state index contributed by atoms with van der Waals surface area (Å²) in [5.41, 5.74) is 14.0. The Kier molecular flexibility index (Phi) is 13.1. The lowest BCUT2D eigenvalue weighted by Crippen LogP contribution is -1.99. The first-order chi connectivity index (χ1) is 23.5. The lowest BCUT2D eigenvalue weighted by molar-refractivity contribution is 0.605. The molecular weight excluding hydrogens is 579 g/mol. The summed E-state index contributed by atoms with van der Waals surface area (Å²) in [5, 5.41) is 12.1. The maximum absolute atomic E-state index is 9.48. The van der Waals surface area contributed by atoms with Gasteiger partial charge in [-0.2, -0.15) is 5.26 Å². The summed E-state index contributed by atoms with van der Waals surface area (Å²) in [4.78, 5) is 0. The van der Waals surface area contributed by atoms with Crippen molar-refractivity contribution in [1.29, 1.82) is 5.26 Å². The van der Waals surface area contributed by atoms with Crippen molar-refractivity contribution in [2.24, 2.45) is 0 Å². The number of nitriles is 1. The fraction of sp³-hybridized carbons (Fsp3) is 0.383. The fourth-order valence-corrected chi connectivity index (χ4v) is 7.31. The van der Waals surface area contributed by atoms with E-state index in [-0.39, 0.29) is 0 Å². The second-order valence-corrected chi connectivity index (χ2v) is 13.9. The molecule has 1 nitrogen and oxygen atoms in total. The molecule has 0 atom stereocenters. The number of unbranched alkanes of at least 4 members (excludes halogenated alkanes) is 10. The number of benzene rings is 5. The fourth-order valence-electron chi connectivity index (χ4n) is 7.31. The monoisotopic (exact) mass is 633 g/mol. The highest BCUT2D eigenvalue weighted by molar-refractivity contribution is 5.99. The van der Waals surface area contributed by atoms with Gasteiger partial charge in [0, 0.05) is 0 Å². The van der Waals surface area contributed by atoms with Crippen molar-refractivity contribution in [1.82, 2.24) is 0 Å². The molecule has 0 unspecified atom stereocenters. The normalized spacial score (nSPS) is 11.2. The average molecular weight is 634 g/mol. The van der Waals surface area contributed by atoms with Crippen LogP contribution in [0.25, 0.3) is 44.2 Å². The van der Waals surface area contributed by atoms with E-state index < -0.39 is 0 Å². The molecule has 5 aromatic carbocycles. The molecule has 0 heterocycles. The van der Waals surface area contributed by atoms with Crippen LogP contribution in [0.3, 0.4) is 0 Å². The van der Waals surface area contributed by atoms with Gasteiger partial charge in [-0.25, -0.2) is 0 Å². The summed E-state index contributed by atoms with van der Waals surface area (Å²) >= 11 is 0. The highest BCUT2D eigenvalue weighted by Gasteiger charge is 2.15. The van der Waals surface area contributed by atoms with Crippen molar-refractivity contribution in [3.8, 4) is 39.4 Å². The molecule has 48 heavy (non-hydrogen) atoms. The quantitative estimate of drug-likeness (QED) is 0.0935. The molecule has 248 valence electrons. The van der Waals surface area contributed by atoms with Crippen molar-refractivity contribution in [2.75, 3.05) is 0 Å². The molecule has 0 saturated heterocycles. The van der Waals surface area contributed by atoms with E-state index in [0.29, 0.717) is 5.56 Å². The molecule has 1 heteroatoms. The largest absolute Gasteiger partial charge is 0.192 e. The van der Waals surface area contributed by atoms with Crippen LogP contribution < -0.4 is 0 Å². The lowest BCUT2D eigenvalue weighted by Gasteiger charge is -2.18. The topological polar surface area (TPSA) is 23.8 Å². The molecule has 0 bridgehead atoms. The Morgan fingerprint density at radius 1 is 0.458 bits per heavy atom. The number of hydrogen-bond donors (Lipinski definition) is 0. The molecule has 0 saturated carbocycles. The summed E-state index contributed by atoms with van der Waals surface area (Å²) in [5.74, 6) is 0. The molecule has 0 aromatic heterocycles. The van der Waals surface area contributed by atoms with E-state index in [1.807, 2.05) is 12.1 Å². The van der Waals surface area contributed by atoms with E-state index in [4.69, 9.17) is 0 Å². The Labute approximate surface area is 291 Å². The number of hydrogen-bond acceptors (Lipinski definition) is 1. The summed E-state index contributed by atoms with van der Waals surface area (Å²) in [7, 11) is 0. The third-order valence-electron chi connectivity index (χ3n) is 10.2. The summed E-state index contributed by atoms with van der Waals surface area (Å²) in [6.07, 6.45) is 18.0. The minimum absolute atomic E-state index is 0.693. The van der Waals surface area contributed by atoms with Gasteiger partial charge in [0.1, 0.15) is 0 Å². The van der Waals surface area contributed by atoms with Gasteiger partial charge in [-0.1, -0.05) is 139 Å². The second-order valence-electron chi connectivity index (χ2n) is 13.9. The Hall–Kier alpha value is -4.15. The van der Waals surface area contributed by atoms with Gasteiger partial charge >= 0.3 is 0 Å². The van der Waals surface area contributed by atoms with Gasteiger partial charge in [-0.15, -0.1) is 0 Å². The van der Waals surface area contributed by atoms with Crippen LogP contribution >= 0.6 is 0 Å². The smallest absolute Gasteiger partial charge is 0.0991 e. The van der Waals surface area contributed by atoms with Gasteiger partial charge in [0.05, 0.1) is 11.6 Å². The molecule has 0 fully saturated rings. The van der Waals surface area contributed by atoms with Crippen molar-refractivity contribution in [2.45, 2.75) is 118 Å². The minimum atomic E-state index is 0.693. The Bertz CT molecular complexity index is 1820. The van der Waals surface area contributed by atoms with Crippen LogP contribution in [0.5, 0.6) is 0 Å². The zero-order valence-corrected chi connectivity index (χ0v) is 30.0. The molecule has 0 aliphatic heterocycles. The van der Waals surface area contributed by atoms with Crippen LogP contribution in [0, 0.1) is 25.2 Å². The van der Waals surface area contributed by atoms with Crippen molar-refractivity contribution in [3.05, 3.63) is 119 Å². The van der Waals surface area contributed by atoms with Crippen LogP contribution in [-0.4, -0.2) is 0 Å². The predicted octanol–water partition coefficient (Wildman–Crippen LogP) is 14.1. The Morgan fingerprint density at radius 2 is 1.02 bits per heavy atom. The van der Waals surface area contributed by atoms with Gasteiger partial charge in [0.2, 0.25) is 0 Å². The third-order valence-corrected chi connectivity index (χ3v) is 10.2. The first kappa shape index (κ1) is 35.2. The van der Waals surface area contributed by atoms with Gasteiger partial charge in [-0.05, 0) is 136 Å². The van der Waals surface area contributed by atoms with Gasteiger partial charge in [0.25, 0.3) is 0 Å². The molecule has 0 radical (unpaired) electrons. The summed E-state index contributed by atoms with van der Waals surface area (Å²) in [6.45, 7) is 9.12. The first-order valence-electron chi connectivity index (χ1n) is 18.8. The second kappa shape index (κ2) is 17.8. The van der Waals surface area contributed by atoms with E-state index in [1.165, 1.54) is 138 Å². The maximum Gasteiger partial charge on any atom is 0.0991 e. The third kappa shape index (κ3) is 9.05. The SMILES string of the molecule is CCCCCCCCc1cc(-c2cc(-c3ccc(C#N)cc3)cc(-c3cccc4c(C)cccc34)c2)c(CCCCCCCC)cc1C. The molecule has 0 spiro atoms. The first-order valence-corrected chi connectivity index (χ1v) is 18.8. The van der Waals surface area contributed by atoms with E-state index in [0.717, 1.165) is 18.4 Å². The van der Waals surface area contributed by atoms with Crippen molar-refractivity contribution >= 4 is 10.8 Å². The summed E-state index contributed by atoms with van der Waals surface area (Å²) in [6, 6.07) is 36.0. The van der Waals surface area contributed by atoms with Gasteiger partial charge < -0.3 is 0 Å². The minimum Gasteiger partial charge on any atom is -0.192 e. The van der Waals surface area contributed by atoms with E-state index in [2.05, 4.69) is 113 Å². The molecule has 0 aliphatic rings. The van der Waals surface area contributed by atoms with Crippen molar-refractivity contribution < 1.29 is 0 Å². The van der Waals surface area contributed by atoms with Crippen molar-refractivity contribution in [3.63, 3.8) is 0 Å². The zero-order valence-electron chi connectivity index (χ0n) is 30.0. The predicted molar refractivity (Wildman–Crippen MR) is 209 cm³/mol. The van der Waals surface area contributed by atoms with Crippen LogP contribution in [0.1, 0.15) is 119 Å². The molecular formula is C47H55N. The standard InChI is InChI=1S/C47H55N/c1-5-7-9-11-13-15-20-39-33-47(40(29-36(39)4)21-16-14-12-10-8-6-2)43-31-41(38-27-25-37(34-48)26-28-38)30-42(32-43)45-23-18-22-44-35(3)19-17-24-46(44)45/h17-19,22-33H,5-16,20-21H2,1-4H3. The van der Waals surface area contributed by atoms with Gasteiger partial charge in [0.15, 0.2) is 0 Å². The molecule has 5 aromatic rings. The number of fused-ring (bicyclic) bond motifs is 1. The van der Waals surface area contributed by atoms with E-state index in [9.17, 15) is 5.26 Å². The number of nitrogens with zero attached hydrogens (tertiary/aromatic N) is 1. The van der Waals surface area contributed by atoms with E-state index in [1.54, 1.807) is 0 Å². The highest BCUT2D eigenvalue weighted by atomic mass is 14.2. The average Bonchev–Trinajstić information content (AvgIpc) is 3.11. The maximum atomic E-state index is 9.48. The molecule has 5 rings (SSSR count). The van der Waals surface area contributed by atoms with E-state index >= 15 is 0 Å². The summed E-state index contributed by atoms with van der Waals surface area (Å²) < 4.78 is 0. The zero-order chi connectivity index (χ0) is 33.7. The molecule has 0 aliphatic carbocycles. The van der Waals surface area contributed by atoms with Crippen LogP contribution in [-0.2, 0) is 12.8 Å². The van der Waals surface area contributed by atoms with Crippen LogP contribution in [0.4, 0.5) is 0 Å². The molecule has 0 N–H and O–H groups in total. The molecule has 0 amide bonds. The van der Waals surface area contributed by atoms with Gasteiger partial charge in [-0.3, -0.25) is 0 Å². The Morgan fingerprint density at radius 3 is 1.69 bits per heavy atom. The number of aryl methyl sites for hydroxylation is 4. The van der Waals surface area contributed by atoms with Crippen LogP contribution in [0.2, 0.25) is 0 Å². The lowest BCUT2D eigenvalue weighted by atomic mass is 9.86. The van der Waals surface area contributed by atoms with Crippen LogP contribution in [0.15, 0.2) is 91.0 Å². The highest BCUT2D eigenvalue weighted by Crippen LogP contribution is 2.39.